The second-order valence-corrected chi connectivity index (χ2v) is 8.87. The zero-order valence-electron chi connectivity index (χ0n) is 17.3. The third kappa shape index (κ3) is 7.11. The molecule has 0 saturated carbocycles. The number of aryl methyl sites for hydroxylation is 2. The lowest BCUT2D eigenvalue weighted by molar-refractivity contribution is 0.0824. The molecule has 1 aromatic heterocycles. The summed E-state index contributed by atoms with van der Waals surface area (Å²) in [6, 6.07) is 0. The molecule has 160 valence electrons. The molecule has 0 radical (unpaired) electrons. The van der Waals surface area contributed by atoms with Crippen LogP contribution in [0.5, 0.6) is 0 Å². The van der Waals surface area contributed by atoms with Crippen LogP contribution in [-0.2, 0) is 19.4 Å². The van der Waals surface area contributed by atoms with Gasteiger partial charge in [0, 0.05) is 38.1 Å². The first-order valence-corrected chi connectivity index (χ1v) is 11.3. The number of rotatable bonds is 7. The lowest BCUT2D eigenvalue weighted by atomic mass is 10.0. The summed E-state index contributed by atoms with van der Waals surface area (Å²) in [5, 5.41) is 14.2. The molecule has 0 atom stereocenters. The minimum Gasteiger partial charge on any atom is -0.393 e. The summed E-state index contributed by atoms with van der Waals surface area (Å²) in [7, 11) is 2.11. The number of aromatic nitrogens is 1. The highest BCUT2D eigenvalue weighted by atomic mass is 127. The van der Waals surface area contributed by atoms with Crippen molar-refractivity contribution in [3.63, 3.8) is 0 Å². The van der Waals surface area contributed by atoms with Gasteiger partial charge in [0.1, 0.15) is 5.01 Å². The molecule has 1 aliphatic carbocycles. The highest BCUT2D eigenvalue weighted by molar-refractivity contribution is 14.0. The molecule has 6 nitrogen and oxygen atoms in total. The lowest BCUT2D eigenvalue weighted by Gasteiger charge is -2.29. The van der Waals surface area contributed by atoms with Gasteiger partial charge in [-0.15, -0.1) is 35.3 Å². The van der Waals surface area contributed by atoms with E-state index in [9.17, 15) is 5.11 Å². The molecule has 2 aliphatic rings. The maximum absolute atomic E-state index is 9.60. The van der Waals surface area contributed by atoms with E-state index in [0.29, 0.717) is 0 Å². The topological polar surface area (TPSA) is 64.0 Å². The van der Waals surface area contributed by atoms with Gasteiger partial charge in [-0.05, 0) is 58.4 Å². The molecule has 0 unspecified atom stereocenters. The van der Waals surface area contributed by atoms with Gasteiger partial charge >= 0.3 is 0 Å². The summed E-state index contributed by atoms with van der Waals surface area (Å²) in [5.41, 5.74) is 1.34. The third-order valence-electron chi connectivity index (χ3n) is 5.41. The smallest absolute Gasteiger partial charge is 0.194 e. The minimum absolute atomic E-state index is 0. The van der Waals surface area contributed by atoms with Crippen molar-refractivity contribution >= 4 is 41.3 Å². The first-order valence-electron chi connectivity index (χ1n) is 10.5. The van der Waals surface area contributed by atoms with Crippen LogP contribution in [0.1, 0.15) is 54.6 Å². The highest BCUT2D eigenvalue weighted by Crippen LogP contribution is 2.27. The van der Waals surface area contributed by atoms with Crippen molar-refractivity contribution in [1.29, 1.82) is 0 Å². The molecule has 1 aliphatic heterocycles. The Hall–Kier alpha value is -0.450. The first kappa shape index (κ1) is 23.8. The molecule has 0 bridgehead atoms. The van der Waals surface area contributed by atoms with Crippen molar-refractivity contribution in [3.8, 4) is 0 Å². The van der Waals surface area contributed by atoms with E-state index in [4.69, 9.17) is 9.98 Å². The number of nitrogens with one attached hydrogen (secondary N) is 1. The van der Waals surface area contributed by atoms with Gasteiger partial charge in [0.2, 0.25) is 0 Å². The van der Waals surface area contributed by atoms with E-state index in [0.717, 1.165) is 70.9 Å². The van der Waals surface area contributed by atoms with Crippen molar-refractivity contribution in [2.24, 2.45) is 4.99 Å². The Balaban J connectivity index is 0.00000280. The van der Waals surface area contributed by atoms with E-state index in [1.165, 1.54) is 34.8 Å². The number of aliphatic imine (C=N–C) groups is 1. The van der Waals surface area contributed by atoms with Crippen LogP contribution >= 0.6 is 35.3 Å². The van der Waals surface area contributed by atoms with Crippen LogP contribution < -0.4 is 5.32 Å². The maximum Gasteiger partial charge on any atom is 0.194 e. The van der Waals surface area contributed by atoms with Gasteiger partial charge in [0.25, 0.3) is 0 Å². The Morgan fingerprint density at radius 1 is 1.32 bits per heavy atom. The summed E-state index contributed by atoms with van der Waals surface area (Å²) in [6.45, 7) is 7.75. The SMILES string of the molecule is CCNC(=NCCCN1CCC(O)CC1)N(C)Cc1nc2c(s1)CCCC2.I. The van der Waals surface area contributed by atoms with Crippen LogP contribution in [0.15, 0.2) is 4.99 Å². The maximum atomic E-state index is 9.60. The van der Waals surface area contributed by atoms with E-state index in [1.807, 2.05) is 11.3 Å². The van der Waals surface area contributed by atoms with Crippen molar-refractivity contribution in [1.82, 2.24) is 20.1 Å². The number of aliphatic hydroxyl groups is 1. The summed E-state index contributed by atoms with van der Waals surface area (Å²) in [6.07, 6.45) is 7.74. The van der Waals surface area contributed by atoms with Gasteiger partial charge in [-0.2, -0.15) is 0 Å². The van der Waals surface area contributed by atoms with Gasteiger partial charge in [-0.3, -0.25) is 4.99 Å². The number of aliphatic hydroxyl groups excluding tert-OH is 1. The zero-order valence-corrected chi connectivity index (χ0v) is 20.5. The molecule has 0 amide bonds. The number of likely N-dealkylation sites (tertiary alicyclic amines) is 1. The molecule has 0 aromatic carbocycles. The van der Waals surface area contributed by atoms with Crippen LogP contribution in [0.3, 0.4) is 0 Å². The standard InChI is InChI=1S/C20H35N5OS.HI/c1-3-21-20(22-11-6-12-25-13-9-16(26)10-14-25)24(2)15-19-23-17-7-4-5-8-18(17)27-19;/h16,26H,3-15H2,1-2H3,(H,21,22);1H. The monoisotopic (exact) mass is 521 g/mol. The number of thiazole rings is 1. The Bertz CT molecular complexity index is 592. The van der Waals surface area contributed by atoms with E-state index in [-0.39, 0.29) is 30.1 Å². The summed E-state index contributed by atoms with van der Waals surface area (Å²) < 4.78 is 0. The summed E-state index contributed by atoms with van der Waals surface area (Å²) in [4.78, 5) is 15.8. The van der Waals surface area contributed by atoms with Crippen molar-refractivity contribution < 1.29 is 5.11 Å². The van der Waals surface area contributed by atoms with Crippen molar-refractivity contribution in [2.45, 2.75) is 64.5 Å². The average molecular weight is 522 g/mol. The normalized spacial score (nSPS) is 18.5. The fourth-order valence-corrected chi connectivity index (χ4v) is 5.05. The van der Waals surface area contributed by atoms with Crippen molar-refractivity contribution in [2.75, 3.05) is 39.8 Å². The first-order chi connectivity index (χ1) is 13.2. The second-order valence-electron chi connectivity index (χ2n) is 7.70. The number of halogens is 1. The van der Waals surface area contributed by atoms with Gasteiger partial charge in [0.05, 0.1) is 18.3 Å². The van der Waals surface area contributed by atoms with E-state index >= 15 is 0 Å². The molecular weight excluding hydrogens is 485 g/mol. The zero-order chi connectivity index (χ0) is 19.1. The second kappa shape index (κ2) is 12.3. The summed E-state index contributed by atoms with van der Waals surface area (Å²) in [5.74, 6) is 0.972. The molecule has 3 rings (SSSR count). The number of fused-ring (bicyclic) bond motifs is 1. The number of piperidine rings is 1. The Kier molecular flexibility index (Phi) is 10.5. The average Bonchev–Trinajstić information content (AvgIpc) is 3.08. The number of hydrogen-bond donors (Lipinski definition) is 2. The predicted octanol–water partition coefficient (Wildman–Crippen LogP) is 2.88. The fourth-order valence-electron chi connectivity index (χ4n) is 3.84. The van der Waals surface area contributed by atoms with E-state index in [2.05, 4.69) is 29.1 Å². The van der Waals surface area contributed by atoms with Crippen LogP contribution in [0.25, 0.3) is 0 Å². The largest absolute Gasteiger partial charge is 0.393 e. The third-order valence-corrected chi connectivity index (χ3v) is 6.55. The van der Waals surface area contributed by atoms with E-state index in [1.54, 1.807) is 0 Å². The van der Waals surface area contributed by atoms with Crippen LogP contribution in [-0.4, -0.2) is 71.7 Å². The van der Waals surface area contributed by atoms with Crippen LogP contribution in [0.4, 0.5) is 0 Å². The molecule has 2 heterocycles. The Morgan fingerprint density at radius 2 is 2.07 bits per heavy atom. The molecule has 1 saturated heterocycles. The fraction of sp³-hybridized carbons (Fsp3) is 0.800. The van der Waals surface area contributed by atoms with Gasteiger partial charge < -0.3 is 20.2 Å². The Morgan fingerprint density at radius 3 is 2.79 bits per heavy atom. The molecular formula is C20H36IN5OS. The van der Waals surface area contributed by atoms with Gasteiger partial charge in [-0.25, -0.2) is 4.98 Å². The molecule has 1 fully saturated rings. The molecule has 28 heavy (non-hydrogen) atoms. The molecule has 0 spiro atoms. The van der Waals surface area contributed by atoms with E-state index < -0.39 is 0 Å². The number of guanidine groups is 1. The van der Waals surface area contributed by atoms with Crippen molar-refractivity contribution in [3.05, 3.63) is 15.6 Å². The summed E-state index contributed by atoms with van der Waals surface area (Å²) >= 11 is 1.88. The number of nitrogens with zero attached hydrogens (tertiary/aromatic N) is 4. The predicted molar refractivity (Wildman–Crippen MR) is 128 cm³/mol. The molecule has 1 aromatic rings. The van der Waals surface area contributed by atoms with Gasteiger partial charge in [0.15, 0.2) is 5.96 Å². The lowest BCUT2D eigenvalue weighted by Crippen LogP contribution is -2.39. The van der Waals surface area contributed by atoms with Gasteiger partial charge in [-0.1, -0.05) is 0 Å². The highest BCUT2D eigenvalue weighted by Gasteiger charge is 2.18. The molecule has 2 N–H and O–H groups in total. The quantitative estimate of drug-likeness (QED) is 0.250. The van der Waals surface area contributed by atoms with Crippen LogP contribution in [0.2, 0.25) is 0 Å². The minimum atomic E-state index is -0.0928. The number of hydrogen-bond acceptors (Lipinski definition) is 5. The van der Waals surface area contributed by atoms with Crippen LogP contribution in [0, 0.1) is 0 Å². The Labute approximate surface area is 190 Å². The molecule has 8 heteroatoms.